The van der Waals surface area contributed by atoms with Crippen LogP contribution in [0.5, 0.6) is 0 Å². The van der Waals surface area contributed by atoms with E-state index in [0.29, 0.717) is 0 Å². The van der Waals surface area contributed by atoms with Gasteiger partial charge in [0.05, 0.1) is 17.7 Å². The normalized spacial score (nSPS) is 14.6. The zero-order valence-electron chi connectivity index (χ0n) is 11.2. The van der Waals surface area contributed by atoms with Gasteiger partial charge < -0.3 is 10.1 Å². The van der Waals surface area contributed by atoms with Crippen molar-refractivity contribution < 1.29 is 4.74 Å². The molecule has 0 aliphatic heterocycles. The van der Waals surface area contributed by atoms with Crippen molar-refractivity contribution in [3.63, 3.8) is 0 Å². The number of likely N-dealkylation sites (N-methyl/N-ethyl adjacent to an activating group) is 1. The molecule has 2 atom stereocenters. The van der Waals surface area contributed by atoms with E-state index in [4.69, 9.17) is 4.74 Å². The number of pyridine rings is 1. The molecule has 0 amide bonds. The van der Waals surface area contributed by atoms with Crippen LogP contribution >= 0.6 is 0 Å². The van der Waals surface area contributed by atoms with Gasteiger partial charge in [0, 0.05) is 18.2 Å². The van der Waals surface area contributed by atoms with Crippen molar-refractivity contribution in [2.75, 3.05) is 13.7 Å². The molecule has 3 nitrogen and oxygen atoms in total. The first-order chi connectivity index (χ1) is 8.76. The summed E-state index contributed by atoms with van der Waals surface area (Å²) < 4.78 is 5.68. The molecule has 1 heterocycles. The highest BCUT2D eigenvalue weighted by Crippen LogP contribution is 2.22. The van der Waals surface area contributed by atoms with Crippen molar-refractivity contribution in [2.45, 2.75) is 26.0 Å². The Kier molecular flexibility index (Phi) is 4.28. The maximum atomic E-state index is 5.68. The van der Waals surface area contributed by atoms with E-state index in [-0.39, 0.29) is 12.1 Å². The summed E-state index contributed by atoms with van der Waals surface area (Å²) in [5.41, 5.74) is 2.24. The van der Waals surface area contributed by atoms with Gasteiger partial charge in [-0.1, -0.05) is 18.2 Å². The number of ether oxygens (including phenoxy) is 1. The van der Waals surface area contributed by atoms with Gasteiger partial charge in [-0.15, -0.1) is 0 Å². The third-order valence-electron chi connectivity index (χ3n) is 3.20. The summed E-state index contributed by atoms with van der Waals surface area (Å²) in [5.74, 6) is 0. The first kappa shape index (κ1) is 13.0. The Balaban J connectivity index is 2.33. The number of aromatic nitrogens is 1. The zero-order valence-corrected chi connectivity index (χ0v) is 11.2. The van der Waals surface area contributed by atoms with Gasteiger partial charge >= 0.3 is 0 Å². The highest BCUT2D eigenvalue weighted by Gasteiger charge is 2.17. The molecular weight excluding hydrogens is 224 g/mol. The minimum atomic E-state index is 0.140. The molecule has 0 bridgehead atoms. The summed E-state index contributed by atoms with van der Waals surface area (Å²) in [5, 5.41) is 4.48. The minimum Gasteiger partial charge on any atom is -0.377 e. The molecule has 3 heteroatoms. The maximum absolute atomic E-state index is 5.68. The summed E-state index contributed by atoms with van der Waals surface area (Å²) in [6.45, 7) is 4.84. The number of benzene rings is 1. The Morgan fingerprint density at radius 1 is 1.33 bits per heavy atom. The molecular formula is C15H20N2O. The molecule has 96 valence electrons. The van der Waals surface area contributed by atoms with Crippen LogP contribution in [-0.2, 0) is 4.74 Å². The van der Waals surface area contributed by atoms with E-state index < -0.39 is 0 Å². The molecule has 0 saturated heterocycles. The van der Waals surface area contributed by atoms with Crippen LogP contribution in [0.2, 0.25) is 0 Å². The van der Waals surface area contributed by atoms with Gasteiger partial charge in [-0.3, -0.25) is 4.98 Å². The number of rotatable bonds is 5. The molecule has 1 aromatic heterocycles. The minimum absolute atomic E-state index is 0.140. The lowest BCUT2D eigenvalue weighted by Crippen LogP contribution is -2.29. The van der Waals surface area contributed by atoms with E-state index in [9.17, 15) is 0 Å². The molecule has 0 spiro atoms. The first-order valence-corrected chi connectivity index (χ1v) is 6.39. The average Bonchev–Trinajstić information content (AvgIpc) is 2.40. The molecule has 0 radical (unpaired) electrons. The van der Waals surface area contributed by atoms with Gasteiger partial charge in [0.1, 0.15) is 0 Å². The van der Waals surface area contributed by atoms with Crippen molar-refractivity contribution in [3.05, 3.63) is 42.1 Å². The Morgan fingerprint density at radius 2 is 2.17 bits per heavy atom. The number of nitrogens with zero attached hydrogens (tertiary/aromatic N) is 1. The fourth-order valence-electron chi connectivity index (χ4n) is 2.31. The van der Waals surface area contributed by atoms with Crippen molar-refractivity contribution in [1.29, 1.82) is 0 Å². The van der Waals surface area contributed by atoms with Crippen LogP contribution < -0.4 is 5.32 Å². The second kappa shape index (κ2) is 5.94. The van der Waals surface area contributed by atoms with Crippen molar-refractivity contribution in [3.8, 4) is 0 Å². The van der Waals surface area contributed by atoms with E-state index in [2.05, 4.69) is 41.5 Å². The quantitative estimate of drug-likeness (QED) is 0.878. The van der Waals surface area contributed by atoms with Crippen LogP contribution in [0.1, 0.15) is 25.5 Å². The Hall–Kier alpha value is -1.45. The topological polar surface area (TPSA) is 34.1 Å². The van der Waals surface area contributed by atoms with Crippen LogP contribution in [-0.4, -0.2) is 24.7 Å². The standard InChI is InChI=1S/C15H20N2O/c1-4-18-11(2)15(16-3)13-8-7-12-6-5-9-17-14(12)10-13/h5-11,15-16H,4H2,1-3H3. The lowest BCUT2D eigenvalue weighted by atomic mass is 10.0. The number of fused-ring (bicyclic) bond motifs is 1. The van der Waals surface area contributed by atoms with E-state index in [1.54, 1.807) is 0 Å². The van der Waals surface area contributed by atoms with Gasteiger partial charge in [0.15, 0.2) is 0 Å². The molecule has 0 saturated carbocycles. The lowest BCUT2D eigenvalue weighted by Gasteiger charge is -2.24. The van der Waals surface area contributed by atoms with Gasteiger partial charge in [-0.2, -0.15) is 0 Å². The van der Waals surface area contributed by atoms with Gasteiger partial charge in [-0.25, -0.2) is 0 Å². The summed E-state index contributed by atoms with van der Waals surface area (Å²) in [4.78, 5) is 4.40. The number of hydrogen-bond acceptors (Lipinski definition) is 3. The zero-order chi connectivity index (χ0) is 13.0. The predicted octanol–water partition coefficient (Wildman–Crippen LogP) is 2.92. The predicted molar refractivity (Wildman–Crippen MR) is 74.6 cm³/mol. The first-order valence-electron chi connectivity index (χ1n) is 6.39. The monoisotopic (exact) mass is 244 g/mol. The summed E-state index contributed by atoms with van der Waals surface area (Å²) in [6, 6.07) is 10.6. The van der Waals surface area contributed by atoms with E-state index >= 15 is 0 Å². The lowest BCUT2D eigenvalue weighted by molar-refractivity contribution is 0.0493. The van der Waals surface area contributed by atoms with E-state index in [0.717, 1.165) is 12.1 Å². The third kappa shape index (κ3) is 2.68. The van der Waals surface area contributed by atoms with E-state index in [1.807, 2.05) is 26.2 Å². The van der Waals surface area contributed by atoms with Crippen molar-refractivity contribution in [2.24, 2.45) is 0 Å². The summed E-state index contributed by atoms with van der Waals surface area (Å²) in [7, 11) is 1.96. The Bertz CT molecular complexity index is 513. The average molecular weight is 244 g/mol. The fourth-order valence-corrected chi connectivity index (χ4v) is 2.31. The fraction of sp³-hybridized carbons (Fsp3) is 0.400. The van der Waals surface area contributed by atoms with Crippen LogP contribution in [0.15, 0.2) is 36.5 Å². The summed E-state index contributed by atoms with van der Waals surface area (Å²) in [6.07, 6.45) is 1.97. The molecule has 18 heavy (non-hydrogen) atoms. The second-order valence-electron chi connectivity index (χ2n) is 4.38. The van der Waals surface area contributed by atoms with Gasteiger partial charge in [0.2, 0.25) is 0 Å². The summed E-state index contributed by atoms with van der Waals surface area (Å²) >= 11 is 0. The van der Waals surface area contributed by atoms with Gasteiger partial charge in [0.25, 0.3) is 0 Å². The van der Waals surface area contributed by atoms with Crippen LogP contribution in [0.25, 0.3) is 10.9 Å². The van der Waals surface area contributed by atoms with E-state index in [1.165, 1.54) is 10.9 Å². The smallest absolute Gasteiger partial charge is 0.0741 e. The van der Waals surface area contributed by atoms with Gasteiger partial charge in [-0.05, 0) is 38.6 Å². The largest absolute Gasteiger partial charge is 0.377 e. The molecule has 2 aromatic rings. The number of hydrogen-bond donors (Lipinski definition) is 1. The molecule has 0 aliphatic rings. The third-order valence-corrected chi connectivity index (χ3v) is 3.20. The number of nitrogens with one attached hydrogen (secondary N) is 1. The molecule has 2 rings (SSSR count). The highest BCUT2D eigenvalue weighted by molar-refractivity contribution is 5.79. The second-order valence-corrected chi connectivity index (χ2v) is 4.38. The van der Waals surface area contributed by atoms with Crippen LogP contribution in [0.4, 0.5) is 0 Å². The highest BCUT2D eigenvalue weighted by atomic mass is 16.5. The Morgan fingerprint density at radius 3 is 2.89 bits per heavy atom. The molecule has 0 fully saturated rings. The van der Waals surface area contributed by atoms with Crippen LogP contribution in [0, 0.1) is 0 Å². The van der Waals surface area contributed by atoms with Crippen molar-refractivity contribution >= 4 is 10.9 Å². The Labute approximate surface area is 108 Å². The maximum Gasteiger partial charge on any atom is 0.0741 e. The molecule has 1 N–H and O–H groups in total. The SMILES string of the molecule is CCOC(C)C(NC)c1ccc2cccnc2c1. The molecule has 0 aliphatic carbocycles. The van der Waals surface area contributed by atoms with Crippen molar-refractivity contribution in [1.82, 2.24) is 10.3 Å². The van der Waals surface area contributed by atoms with Crippen LogP contribution in [0.3, 0.4) is 0 Å². The molecule has 2 unspecified atom stereocenters. The molecule has 1 aromatic carbocycles.